The maximum atomic E-state index is 11.7. The first-order chi connectivity index (χ1) is 11.6. The molecule has 5 nitrogen and oxygen atoms in total. The van der Waals surface area contributed by atoms with Gasteiger partial charge in [-0.1, -0.05) is 42.5 Å². The molecule has 1 atom stereocenters. The van der Waals surface area contributed by atoms with Crippen molar-refractivity contribution >= 4 is 6.16 Å². The number of nitrogens with zero attached hydrogens (tertiary/aromatic N) is 1. The van der Waals surface area contributed by atoms with Crippen molar-refractivity contribution in [1.82, 2.24) is 4.90 Å². The molecule has 0 spiro atoms. The van der Waals surface area contributed by atoms with Gasteiger partial charge in [0, 0.05) is 6.04 Å². The van der Waals surface area contributed by atoms with Crippen LogP contribution in [0.5, 0.6) is 5.75 Å². The average molecular weight is 329 g/mol. The van der Waals surface area contributed by atoms with E-state index in [2.05, 4.69) is 0 Å². The lowest BCUT2D eigenvalue weighted by Gasteiger charge is -2.22. The highest BCUT2D eigenvalue weighted by molar-refractivity contribution is 5.63. The van der Waals surface area contributed by atoms with E-state index in [4.69, 9.17) is 9.47 Å². The van der Waals surface area contributed by atoms with Crippen molar-refractivity contribution in [2.24, 2.45) is 0 Å². The summed E-state index contributed by atoms with van der Waals surface area (Å²) in [7, 11) is 3.86. The molecule has 2 aromatic rings. The zero-order valence-corrected chi connectivity index (χ0v) is 14.0. The number of aliphatic hydroxyl groups excluding tert-OH is 1. The van der Waals surface area contributed by atoms with Crippen molar-refractivity contribution in [1.29, 1.82) is 0 Å². The van der Waals surface area contributed by atoms with E-state index in [1.165, 1.54) is 0 Å². The summed E-state index contributed by atoms with van der Waals surface area (Å²) in [5, 5.41) is 9.36. The lowest BCUT2D eigenvalue weighted by molar-refractivity contribution is 0.0927. The van der Waals surface area contributed by atoms with Crippen molar-refractivity contribution in [3.05, 3.63) is 65.7 Å². The Kier molecular flexibility index (Phi) is 6.78. The molecule has 24 heavy (non-hydrogen) atoms. The van der Waals surface area contributed by atoms with Gasteiger partial charge in [0.2, 0.25) is 0 Å². The van der Waals surface area contributed by atoms with E-state index in [9.17, 15) is 9.90 Å². The average Bonchev–Trinajstić information content (AvgIpc) is 2.60. The van der Waals surface area contributed by atoms with Crippen LogP contribution < -0.4 is 4.74 Å². The predicted molar refractivity (Wildman–Crippen MR) is 92.0 cm³/mol. The normalized spacial score (nSPS) is 12.0. The van der Waals surface area contributed by atoms with Crippen LogP contribution in [0.1, 0.15) is 11.1 Å². The van der Waals surface area contributed by atoms with Crippen molar-refractivity contribution in [3.63, 3.8) is 0 Å². The molecular formula is C19H23NO4. The second kappa shape index (κ2) is 9.05. The van der Waals surface area contributed by atoms with Crippen LogP contribution in [0.25, 0.3) is 0 Å². The molecule has 128 valence electrons. The highest BCUT2D eigenvalue weighted by atomic mass is 16.7. The Morgan fingerprint density at radius 2 is 1.71 bits per heavy atom. The molecule has 0 aliphatic carbocycles. The highest BCUT2D eigenvalue weighted by Crippen LogP contribution is 2.15. The lowest BCUT2D eigenvalue weighted by atomic mass is 10.1. The molecule has 0 aliphatic heterocycles. The maximum absolute atomic E-state index is 11.7. The van der Waals surface area contributed by atoms with E-state index in [1.807, 2.05) is 61.5 Å². The number of likely N-dealkylation sites (N-methyl/N-ethyl adjacent to an activating group) is 1. The fraction of sp³-hybridized carbons (Fsp3) is 0.316. The fourth-order valence-electron chi connectivity index (χ4n) is 2.22. The first kappa shape index (κ1) is 18.0. The third-order valence-corrected chi connectivity index (χ3v) is 3.74. The summed E-state index contributed by atoms with van der Waals surface area (Å²) in [4.78, 5) is 13.7. The van der Waals surface area contributed by atoms with Gasteiger partial charge in [0.05, 0.1) is 6.61 Å². The largest absolute Gasteiger partial charge is 0.514 e. The minimum atomic E-state index is -0.729. The summed E-state index contributed by atoms with van der Waals surface area (Å²) in [6, 6.07) is 16.7. The van der Waals surface area contributed by atoms with Gasteiger partial charge in [-0.15, -0.1) is 0 Å². The summed E-state index contributed by atoms with van der Waals surface area (Å²) >= 11 is 0. The Labute approximate surface area is 142 Å². The monoisotopic (exact) mass is 329 g/mol. The predicted octanol–water partition coefficient (Wildman–Crippen LogP) is 2.87. The topological polar surface area (TPSA) is 59.0 Å². The first-order valence-electron chi connectivity index (χ1n) is 7.83. The molecule has 0 aliphatic rings. The van der Waals surface area contributed by atoms with E-state index in [1.54, 1.807) is 12.1 Å². The van der Waals surface area contributed by atoms with Crippen LogP contribution in [0.2, 0.25) is 0 Å². The molecule has 5 heteroatoms. The minimum Gasteiger partial charge on any atom is -0.429 e. The van der Waals surface area contributed by atoms with Crippen molar-refractivity contribution < 1.29 is 19.4 Å². The van der Waals surface area contributed by atoms with E-state index >= 15 is 0 Å². The Morgan fingerprint density at radius 1 is 1.04 bits per heavy atom. The minimum absolute atomic E-state index is 0.0626. The van der Waals surface area contributed by atoms with Crippen molar-refractivity contribution in [2.75, 3.05) is 20.7 Å². The molecule has 0 heterocycles. The van der Waals surface area contributed by atoms with Gasteiger partial charge in [0.1, 0.15) is 12.4 Å². The van der Waals surface area contributed by atoms with Gasteiger partial charge in [-0.2, -0.15) is 0 Å². The summed E-state index contributed by atoms with van der Waals surface area (Å²) in [6.45, 7) is 0.274. The molecule has 0 radical (unpaired) electrons. The van der Waals surface area contributed by atoms with Gasteiger partial charge >= 0.3 is 6.16 Å². The Morgan fingerprint density at radius 3 is 2.29 bits per heavy atom. The van der Waals surface area contributed by atoms with Gasteiger partial charge < -0.3 is 19.5 Å². The summed E-state index contributed by atoms with van der Waals surface area (Å²) in [6.07, 6.45) is -0.00415. The Hall–Kier alpha value is -2.37. The third-order valence-electron chi connectivity index (χ3n) is 3.74. The summed E-state index contributed by atoms with van der Waals surface area (Å²) in [5.41, 5.74) is 1.97. The number of hydrogen-bond acceptors (Lipinski definition) is 5. The molecule has 2 rings (SSSR count). The second-order valence-corrected chi connectivity index (χ2v) is 5.77. The number of aliphatic hydroxyl groups is 1. The number of hydrogen-bond donors (Lipinski definition) is 1. The zero-order valence-electron chi connectivity index (χ0n) is 14.0. The zero-order chi connectivity index (χ0) is 17.4. The molecule has 0 saturated heterocycles. The standard InChI is InChI=1S/C19H23NO4/c1-20(2)17(13-21)12-15-8-10-18(11-9-15)24-19(22)23-14-16-6-4-3-5-7-16/h3-11,17,21H,12-14H2,1-2H3/t17-/m1/s1. The van der Waals surface area contributed by atoms with Gasteiger partial charge in [-0.3, -0.25) is 0 Å². The lowest BCUT2D eigenvalue weighted by Crippen LogP contribution is -2.33. The molecule has 1 N–H and O–H groups in total. The highest BCUT2D eigenvalue weighted by Gasteiger charge is 2.11. The van der Waals surface area contributed by atoms with E-state index in [0.29, 0.717) is 5.75 Å². The van der Waals surface area contributed by atoms with Crippen molar-refractivity contribution in [3.8, 4) is 5.75 Å². The summed E-state index contributed by atoms with van der Waals surface area (Å²) < 4.78 is 10.2. The number of carbonyl (C=O) groups excluding carboxylic acids is 1. The van der Waals surface area contributed by atoms with Gasteiger partial charge in [-0.25, -0.2) is 4.79 Å². The quantitative estimate of drug-likeness (QED) is 0.625. The van der Waals surface area contributed by atoms with Crippen LogP contribution in [0.3, 0.4) is 0 Å². The van der Waals surface area contributed by atoms with Crippen LogP contribution >= 0.6 is 0 Å². The number of benzene rings is 2. The van der Waals surface area contributed by atoms with Gasteiger partial charge in [-0.05, 0) is 43.8 Å². The third kappa shape index (κ3) is 5.68. The first-order valence-corrected chi connectivity index (χ1v) is 7.83. The van der Waals surface area contributed by atoms with Crippen molar-refractivity contribution in [2.45, 2.75) is 19.1 Å². The molecule has 2 aromatic carbocycles. The molecule has 0 bridgehead atoms. The molecule has 0 aromatic heterocycles. The molecular weight excluding hydrogens is 306 g/mol. The number of carbonyl (C=O) groups is 1. The van der Waals surface area contributed by atoms with Crippen LogP contribution in [-0.4, -0.2) is 42.9 Å². The molecule has 0 saturated carbocycles. The summed E-state index contributed by atoms with van der Waals surface area (Å²) in [5.74, 6) is 0.433. The Bertz CT molecular complexity index is 626. The smallest absolute Gasteiger partial charge is 0.429 e. The molecule has 0 unspecified atom stereocenters. The van der Waals surface area contributed by atoms with Gasteiger partial charge in [0.25, 0.3) is 0 Å². The van der Waals surface area contributed by atoms with E-state index in [0.717, 1.165) is 17.5 Å². The molecule has 0 amide bonds. The van der Waals surface area contributed by atoms with E-state index < -0.39 is 6.16 Å². The van der Waals surface area contributed by atoms with Crippen LogP contribution in [-0.2, 0) is 17.8 Å². The number of ether oxygens (including phenoxy) is 2. The number of rotatable bonds is 7. The van der Waals surface area contributed by atoms with E-state index in [-0.39, 0.29) is 19.3 Å². The SMILES string of the molecule is CN(C)[C@@H](CO)Cc1ccc(OC(=O)OCc2ccccc2)cc1. The fourth-order valence-corrected chi connectivity index (χ4v) is 2.22. The molecule has 0 fully saturated rings. The maximum Gasteiger partial charge on any atom is 0.514 e. The Balaban J connectivity index is 1.83. The van der Waals surface area contributed by atoms with Crippen LogP contribution in [0.15, 0.2) is 54.6 Å². The van der Waals surface area contributed by atoms with Crippen LogP contribution in [0.4, 0.5) is 4.79 Å². The second-order valence-electron chi connectivity index (χ2n) is 5.77. The van der Waals surface area contributed by atoms with Crippen LogP contribution in [0, 0.1) is 0 Å². The van der Waals surface area contributed by atoms with Gasteiger partial charge in [0.15, 0.2) is 0 Å².